The molecule has 0 saturated carbocycles. The Bertz CT molecular complexity index is 450. The van der Waals surface area contributed by atoms with Gasteiger partial charge in [0.1, 0.15) is 0 Å². The van der Waals surface area contributed by atoms with Gasteiger partial charge >= 0.3 is 0 Å². The molecule has 1 aromatic rings. The van der Waals surface area contributed by atoms with Crippen LogP contribution in [0, 0.1) is 5.92 Å². The van der Waals surface area contributed by atoms with Crippen LogP contribution in [-0.2, 0) is 6.54 Å². The Morgan fingerprint density at radius 2 is 2.20 bits per heavy atom. The fourth-order valence-corrected chi connectivity index (χ4v) is 3.11. The van der Waals surface area contributed by atoms with E-state index in [2.05, 4.69) is 43.1 Å². The van der Waals surface area contributed by atoms with E-state index in [9.17, 15) is 5.11 Å². The Hall–Kier alpha value is -0.770. The van der Waals surface area contributed by atoms with Gasteiger partial charge in [-0.1, -0.05) is 38.4 Å². The third kappa shape index (κ3) is 3.46. The molecule has 1 aliphatic rings. The molecule has 3 nitrogen and oxygen atoms in total. The zero-order chi connectivity index (χ0) is 14.7. The molecule has 2 unspecified atom stereocenters. The van der Waals surface area contributed by atoms with E-state index in [4.69, 9.17) is 11.6 Å². The molecule has 0 aromatic heterocycles. The Balaban J connectivity index is 2.13. The summed E-state index contributed by atoms with van der Waals surface area (Å²) < 4.78 is 0. The van der Waals surface area contributed by atoms with Crippen LogP contribution in [0.2, 0.25) is 5.02 Å². The highest BCUT2D eigenvalue weighted by Gasteiger charge is 2.31. The van der Waals surface area contributed by atoms with Gasteiger partial charge in [-0.15, -0.1) is 0 Å². The van der Waals surface area contributed by atoms with E-state index in [1.54, 1.807) is 0 Å². The van der Waals surface area contributed by atoms with Crippen molar-refractivity contribution < 1.29 is 5.11 Å². The predicted octanol–water partition coefficient (Wildman–Crippen LogP) is 3.05. The highest BCUT2D eigenvalue weighted by molar-refractivity contribution is 6.33. The molecule has 1 saturated heterocycles. The minimum Gasteiger partial charge on any atom is -0.394 e. The van der Waals surface area contributed by atoms with E-state index >= 15 is 0 Å². The number of nitrogens with one attached hydrogen (secondary N) is 1. The smallest absolute Gasteiger partial charge is 0.0642 e. The van der Waals surface area contributed by atoms with E-state index in [0.717, 1.165) is 30.2 Å². The third-order valence-corrected chi connectivity index (χ3v) is 4.41. The van der Waals surface area contributed by atoms with Crippen LogP contribution < -0.4 is 10.2 Å². The molecule has 1 aliphatic heterocycles. The topological polar surface area (TPSA) is 35.5 Å². The molecule has 2 rings (SSSR count). The van der Waals surface area contributed by atoms with Gasteiger partial charge in [0.05, 0.1) is 23.4 Å². The molecule has 4 heteroatoms. The minimum atomic E-state index is 0.187. The van der Waals surface area contributed by atoms with Crippen LogP contribution in [0.5, 0.6) is 0 Å². The van der Waals surface area contributed by atoms with Gasteiger partial charge in [0, 0.05) is 19.1 Å². The fourth-order valence-electron chi connectivity index (χ4n) is 2.80. The van der Waals surface area contributed by atoms with Crippen LogP contribution in [0.25, 0.3) is 0 Å². The number of benzene rings is 1. The average Bonchev–Trinajstić information content (AvgIpc) is 2.77. The summed E-state index contributed by atoms with van der Waals surface area (Å²) in [5.41, 5.74) is 2.24. The Labute approximate surface area is 126 Å². The molecular weight excluding hydrogens is 272 g/mol. The van der Waals surface area contributed by atoms with Crippen molar-refractivity contribution in [2.45, 2.75) is 45.8 Å². The van der Waals surface area contributed by atoms with E-state index < -0.39 is 0 Å². The van der Waals surface area contributed by atoms with Crippen LogP contribution in [-0.4, -0.2) is 30.3 Å². The van der Waals surface area contributed by atoms with Crippen LogP contribution in [0.1, 0.15) is 32.8 Å². The van der Waals surface area contributed by atoms with Gasteiger partial charge < -0.3 is 15.3 Å². The summed E-state index contributed by atoms with van der Waals surface area (Å²) >= 11 is 6.44. The van der Waals surface area contributed by atoms with Crippen LogP contribution >= 0.6 is 11.6 Å². The summed E-state index contributed by atoms with van der Waals surface area (Å²) in [6.07, 6.45) is 1.11. The van der Waals surface area contributed by atoms with Crippen LogP contribution in [0.4, 0.5) is 5.69 Å². The normalized spacial score (nSPS) is 22.8. The summed E-state index contributed by atoms with van der Waals surface area (Å²) in [5, 5.41) is 13.7. The second-order valence-electron chi connectivity index (χ2n) is 6.03. The molecule has 0 bridgehead atoms. The minimum absolute atomic E-state index is 0.187. The molecular formula is C16H25ClN2O. The van der Waals surface area contributed by atoms with Crippen molar-refractivity contribution in [3.05, 3.63) is 28.8 Å². The molecule has 0 aliphatic carbocycles. The van der Waals surface area contributed by atoms with Crippen LogP contribution in [0.15, 0.2) is 18.2 Å². The molecule has 112 valence electrons. The quantitative estimate of drug-likeness (QED) is 0.877. The molecule has 1 fully saturated rings. The van der Waals surface area contributed by atoms with E-state index in [-0.39, 0.29) is 12.6 Å². The summed E-state index contributed by atoms with van der Waals surface area (Å²) in [6.45, 7) is 8.44. The van der Waals surface area contributed by atoms with Crippen molar-refractivity contribution in [2.24, 2.45) is 5.92 Å². The monoisotopic (exact) mass is 296 g/mol. The highest BCUT2D eigenvalue weighted by atomic mass is 35.5. The molecule has 0 radical (unpaired) electrons. The molecule has 2 atom stereocenters. The predicted molar refractivity (Wildman–Crippen MR) is 85.4 cm³/mol. The number of nitrogens with zero attached hydrogens (tertiary/aromatic N) is 1. The number of halogens is 1. The number of hydrogen-bond acceptors (Lipinski definition) is 3. The number of rotatable bonds is 5. The second kappa shape index (κ2) is 6.79. The Morgan fingerprint density at radius 3 is 2.80 bits per heavy atom. The van der Waals surface area contributed by atoms with Gasteiger partial charge in [-0.05, 0) is 30.0 Å². The zero-order valence-corrected chi connectivity index (χ0v) is 13.3. The van der Waals surface area contributed by atoms with Crippen molar-refractivity contribution in [1.82, 2.24) is 5.32 Å². The van der Waals surface area contributed by atoms with Crippen molar-refractivity contribution >= 4 is 17.3 Å². The SMILES string of the molecule is CC(C)NCc1ccc(N2CCC(C)C2CO)c(Cl)c1. The van der Waals surface area contributed by atoms with Gasteiger partial charge in [0.25, 0.3) is 0 Å². The van der Waals surface area contributed by atoms with E-state index in [1.807, 2.05) is 6.07 Å². The van der Waals surface area contributed by atoms with Gasteiger partial charge in [0.15, 0.2) is 0 Å². The molecule has 2 N–H and O–H groups in total. The first kappa shape index (κ1) is 15.6. The maximum absolute atomic E-state index is 9.56. The molecule has 1 heterocycles. The lowest BCUT2D eigenvalue weighted by Gasteiger charge is -2.28. The van der Waals surface area contributed by atoms with Crippen molar-refractivity contribution in [3.8, 4) is 0 Å². The van der Waals surface area contributed by atoms with E-state index in [0.29, 0.717) is 12.0 Å². The Kier molecular flexibility index (Phi) is 5.30. The summed E-state index contributed by atoms with van der Waals surface area (Å²) in [5.74, 6) is 0.512. The Morgan fingerprint density at radius 1 is 1.45 bits per heavy atom. The van der Waals surface area contributed by atoms with Crippen molar-refractivity contribution in [1.29, 1.82) is 0 Å². The second-order valence-corrected chi connectivity index (χ2v) is 6.44. The zero-order valence-electron chi connectivity index (χ0n) is 12.6. The van der Waals surface area contributed by atoms with Crippen molar-refractivity contribution in [2.75, 3.05) is 18.1 Å². The lowest BCUT2D eigenvalue weighted by molar-refractivity contribution is 0.245. The van der Waals surface area contributed by atoms with E-state index in [1.165, 1.54) is 5.56 Å². The standard InChI is InChI=1S/C16H25ClN2O/c1-11(2)18-9-13-4-5-15(14(17)8-13)19-7-6-12(3)16(19)10-20/h4-5,8,11-12,16,18,20H,6-7,9-10H2,1-3H3. The number of aliphatic hydroxyl groups is 1. The van der Waals surface area contributed by atoms with Crippen molar-refractivity contribution in [3.63, 3.8) is 0 Å². The first-order valence-electron chi connectivity index (χ1n) is 7.42. The number of hydrogen-bond donors (Lipinski definition) is 2. The number of aliphatic hydroxyl groups excluding tert-OH is 1. The largest absolute Gasteiger partial charge is 0.394 e. The molecule has 20 heavy (non-hydrogen) atoms. The fraction of sp³-hybridized carbons (Fsp3) is 0.625. The number of anilines is 1. The van der Waals surface area contributed by atoms with Crippen LogP contribution in [0.3, 0.4) is 0 Å². The molecule has 1 aromatic carbocycles. The van der Waals surface area contributed by atoms with Gasteiger partial charge in [-0.3, -0.25) is 0 Å². The maximum atomic E-state index is 9.56. The summed E-state index contributed by atoms with van der Waals surface area (Å²) in [7, 11) is 0. The summed E-state index contributed by atoms with van der Waals surface area (Å²) in [6, 6.07) is 6.89. The molecule has 0 spiro atoms. The highest BCUT2D eigenvalue weighted by Crippen LogP contribution is 2.34. The van der Waals surface area contributed by atoms with Gasteiger partial charge in [-0.25, -0.2) is 0 Å². The lowest BCUT2D eigenvalue weighted by Crippen LogP contribution is -2.35. The first-order valence-corrected chi connectivity index (χ1v) is 7.80. The first-order chi connectivity index (χ1) is 9.52. The third-order valence-electron chi connectivity index (χ3n) is 4.11. The lowest BCUT2D eigenvalue weighted by atomic mass is 10.0. The maximum Gasteiger partial charge on any atom is 0.0642 e. The molecule has 0 amide bonds. The van der Waals surface area contributed by atoms with Gasteiger partial charge in [0.2, 0.25) is 0 Å². The summed E-state index contributed by atoms with van der Waals surface area (Å²) in [4.78, 5) is 2.24. The average molecular weight is 297 g/mol. The van der Waals surface area contributed by atoms with Gasteiger partial charge in [-0.2, -0.15) is 0 Å².